The molecule has 0 aromatic heterocycles. The van der Waals surface area contributed by atoms with Crippen molar-refractivity contribution >= 4 is 20.2 Å². The Kier molecular flexibility index (Phi) is 5.45. The molecule has 0 bridgehead atoms. The van der Waals surface area contributed by atoms with E-state index in [0.29, 0.717) is 0 Å². The van der Waals surface area contributed by atoms with Crippen LogP contribution in [0.4, 0.5) is 0 Å². The van der Waals surface area contributed by atoms with Gasteiger partial charge in [-0.1, -0.05) is 48.5 Å². The Morgan fingerprint density at radius 2 is 1.07 bits per heavy atom. The van der Waals surface area contributed by atoms with Crippen LogP contribution in [0.1, 0.15) is 25.0 Å². The fraction of sp³-hybridized carbons (Fsp3) is 0.368. The van der Waals surface area contributed by atoms with Crippen LogP contribution in [0.15, 0.2) is 48.5 Å². The summed E-state index contributed by atoms with van der Waals surface area (Å²) in [6.07, 6.45) is 0. The van der Waals surface area contributed by atoms with Crippen LogP contribution in [0.2, 0.25) is 0 Å². The van der Waals surface area contributed by atoms with Crippen LogP contribution in [0.5, 0.6) is 0 Å². The lowest BCUT2D eigenvalue weighted by molar-refractivity contribution is 0.180. The molecule has 2 aromatic rings. The summed E-state index contributed by atoms with van der Waals surface area (Å²) in [5, 5.41) is 0. The predicted octanol–water partition coefficient (Wildman–Crippen LogP) is 2.69. The van der Waals surface area contributed by atoms with Crippen molar-refractivity contribution in [3.8, 4) is 11.1 Å². The van der Waals surface area contributed by atoms with Crippen LogP contribution in [0, 0.1) is 0 Å². The molecule has 0 saturated carbocycles. The number of hydrogen-bond acceptors (Lipinski definition) is 6. The second kappa shape index (κ2) is 7.35. The molecule has 0 spiro atoms. The molecule has 0 saturated heterocycles. The summed E-state index contributed by atoms with van der Waals surface area (Å²) in [4.78, 5) is 0. The van der Waals surface area contributed by atoms with Gasteiger partial charge in [-0.15, -0.1) is 0 Å². The van der Waals surface area contributed by atoms with Gasteiger partial charge in [-0.3, -0.25) is 8.37 Å². The highest BCUT2D eigenvalue weighted by Crippen LogP contribution is 2.49. The van der Waals surface area contributed by atoms with Gasteiger partial charge >= 0.3 is 0 Å². The SMILES string of the molecule is CCS(=O)(=O)OCC1(COS(=O)(=O)CC)c2ccccc2-c2ccccc21. The van der Waals surface area contributed by atoms with Gasteiger partial charge in [0.15, 0.2) is 0 Å². The van der Waals surface area contributed by atoms with Crippen LogP contribution in [0.3, 0.4) is 0 Å². The molecule has 3 rings (SSSR count). The molecule has 2 aromatic carbocycles. The highest BCUT2D eigenvalue weighted by atomic mass is 32.2. The zero-order valence-corrected chi connectivity index (χ0v) is 16.8. The van der Waals surface area contributed by atoms with Crippen molar-refractivity contribution in [2.24, 2.45) is 0 Å². The molecular formula is C19H22O6S2. The molecule has 0 heterocycles. The molecule has 0 atom stereocenters. The van der Waals surface area contributed by atoms with Gasteiger partial charge in [0.1, 0.15) is 0 Å². The van der Waals surface area contributed by atoms with E-state index in [1.165, 1.54) is 13.8 Å². The summed E-state index contributed by atoms with van der Waals surface area (Å²) in [6, 6.07) is 15.0. The first kappa shape index (κ1) is 20.0. The predicted molar refractivity (Wildman–Crippen MR) is 103 cm³/mol. The summed E-state index contributed by atoms with van der Waals surface area (Å²) in [7, 11) is -7.43. The number of hydrogen-bond donors (Lipinski definition) is 0. The highest BCUT2D eigenvalue weighted by molar-refractivity contribution is 7.86. The number of rotatable bonds is 8. The normalized spacial score (nSPS) is 15.3. The van der Waals surface area contributed by atoms with Gasteiger partial charge in [0.05, 0.1) is 30.1 Å². The topological polar surface area (TPSA) is 86.7 Å². The lowest BCUT2D eigenvalue weighted by Crippen LogP contribution is -2.38. The van der Waals surface area contributed by atoms with E-state index in [4.69, 9.17) is 8.37 Å². The van der Waals surface area contributed by atoms with E-state index in [-0.39, 0.29) is 24.7 Å². The van der Waals surface area contributed by atoms with Crippen LogP contribution in [0.25, 0.3) is 11.1 Å². The summed E-state index contributed by atoms with van der Waals surface area (Å²) >= 11 is 0. The third-order valence-corrected chi connectivity index (χ3v) is 7.22. The number of fused-ring (bicyclic) bond motifs is 3. The van der Waals surface area contributed by atoms with Crippen molar-refractivity contribution in [1.82, 2.24) is 0 Å². The second-order valence-corrected chi connectivity index (χ2v) is 10.2. The van der Waals surface area contributed by atoms with Gasteiger partial charge in [-0.05, 0) is 36.1 Å². The second-order valence-electron chi connectivity index (χ2n) is 6.39. The summed E-state index contributed by atoms with van der Waals surface area (Å²) in [6.45, 7) is 2.54. The Bertz CT molecular complexity index is 956. The van der Waals surface area contributed by atoms with Gasteiger partial charge < -0.3 is 0 Å². The van der Waals surface area contributed by atoms with E-state index < -0.39 is 25.7 Å². The number of benzene rings is 2. The molecule has 27 heavy (non-hydrogen) atoms. The molecule has 1 aliphatic rings. The maximum absolute atomic E-state index is 12.0. The fourth-order valence-electron chi connectivity index (χ4n) is 3.32. The lowest BCUT2D eigenvalue weighted by Gasteiger charge is -2.30. The fourth-order valence-corrected chi connectivity index (χ4v) is 4.41. The van der Waals surface area contributed by atoms with Crippen LogP contribution in [-0.4, -0.2) is 41.6 Å². The van der Waals surface area contributed by atoms with Crippen molar-refractivity contribution in [1.29, 1.82) is 0 Å². The molecule has 0 N–H and O–H groups in total. The Labute approximate surface area is 160 Å². The Morgan fingerprint density at radius 1 is 0.704 bits per heavy atom. The largest absolute Gasteiger partial charge is 0.269 e. The third-order valence-electron chi connectivity index (χ3n) is 4.85. The quantitative estimate of drug-likeness (QED) is 0.622. The van der Waals surface area contributed by atoms with Gasteiger partial charge in [0, 0.05) is 0 Å². The van der Waals surface area contributed by atoms with E-state index in [2.05, 4.69) is 0 Å². The van der Waals surface area contributed by atoms with Gasteiger partial charge in [0.25, 0.3) is 20.2 Å². The van der Waals surface area contributed by atoms with Crippen LogP contribution < -0.4 is 0 Å². The average Bonchev–Trinajstić information content (AvgIpc) is 2.96. The monoisotopic (exact) mass is 410 g/mol. The summed E-state index contributed by atoms with van der Waals surface area (Å²) < 4.78 is 58.5. The third kappa shape index (κ3) is 3.80. The Balaban J connectivity index is 2.14. The van der Waals surface area contributed by atoms with E-state index in [1.807, 2.05) is 48.5 Å². The molecule has 1 aliphatic carbocycles. The van der Waals surface area contributed by atoms with Crippen molar-refractivity contribution < 1.29 is 25.2 Å². The minimum absolute atomic E-state index is 0.166. The molecule has 0 aliphatic heterocycles. The van der Waals surface area contributed by atoms with Gasteiger partial charge in [0.2, 0.25) is 0 Å². The highest BCUT2D eigenvalue weighted by Gasteiger charge is 2.45. The van der Waals surface area contributed by atoms with E-state index in [0.717, 1.165) is 22.3 Å². The minimum atomic E-state index is -3.71. The van der Waals surface area contributed by atoms with Crippen molar-refractivity contribution in [3.05, 3.63) is 59.7 Å². The molecule has 0 amide bonds. The maximum Gasteiger partial charge on any atom is 0.267 e. The Hall–Kier alpha value is -1.74. The van der Waals surface area contributed by atoms with Crippen LogP contribution >= 0.6 is 0 Å². The zero-order chi connectivity index (χ0) is 19.7. The molecule has 0 fully saturated rings. The van der Waals surface area contributed by atoms with E-state index in [9.17, 15) is 16.8 Å². The molecule has 146 valence electrons. The van der Waals surface area contributed by atoms with Crippen molar-refractivity contribution in [2.45, 2.75) is 19.3 Å². The van der Waals surface area contributed by atoms with E-state index >= 15 is 0 Å². The van der Waals surface area contributed by atoms with Crippen LogP contribution in [-0.2, 0) is 34.0 Å². The summed E-state index contributed by atoms with van der Waals surface area (Å²) in [5.41, 5.74) is 2.40. The molecule has 8 heteroatoms. The molecule has 0 unspecified atom stereocenters. The Morgan fingerprint density at radius 3 is 1.44 bits per heavy atom. The minimum Gasteiger partial charge on any atom is -0.269 e. The lowest BCUT2D eigenvalue weighted by atomic mass is 9.80. The molecule has 0 radical (unpaired) electrons. The van der Waals surface area contributed by atoms with Crippen molar-refractivity contribution in [2.75, 3.05) is 24.7 Å². The smallest absolute Gasteiger partial charge is 0.267 e. The van der Waals surface area contributed by atoms with Crippen molar-refractivity contribution in [3.63, 3.8) is 0 Å². The molecular weight excluding hydrogens is 388 g/mol. The standard InChI is InChI=1S/C19H22O6S2/c1-3-26(20,21)24-13-19(14-25-27(22,23)4-2)17-11-7-5-9-15(17)16-10-6-8-12-18(16)19/h5-12H,3-4,13-14H2,1-2H3. The average molecular weight is 411 g/mol. The summed E-state index contributed by atoms with van der Waals surface area (Å²) in [5.74, 6) is -0.332. The van der Waals surface area contributed by atoms with E-state index in [1.54, 1.807) is 0 Å². The first-order valence-electron chi connectivity index (χ1n) is 8.68. The zero-order valence-electron chi connectivity index (χ0n) is 15.2. The van der Waals surface area contributed by atoms with Gasteiger partial charge in [-0.25, -0.2) is 0 Å². The van der Waals surface area contributed by atoms with Gasteiger partial charge in [-0.2, -0.15) is 16.8 Å². The molecule has 6 nitrogen and oxygen atoms in total. The maximum atomic E-state index is 12.0. The first-order chi connectivity index (χ1) is 12.7. The first-order valence-corrected chi connectivity index (χ1v) is 11.8.